The van der Waals surface area contributed by atoms with Crippen LogP contribution in [0.25, 0.3) is 0 Å². The van der Waals surface area contributed by atoms with E-state index >= 15 is 0 Å². The lowest BCUT2D eigenvalue weighted by molar-refractivity contribution is -0.135. The van der Waals surface area contributed by atoms with Crippen LogP contribution in [-0.2, 0) is 10.2 Å². The summed E-state index contributed by atoms with van der Waals surface area (Å²) in [4.78, 5) is 17.3. The largest absolute Gasteiger partial charge is 0.341 e. The third kappa shape index (κ3) is 2.18. The average Bonchev–Trinajstić information content (AvgIpc) is 3.35. The minimum absolute atomic E-state index is 0.262. The first-order chi connectivity index (χ1) is 10.7. The second-order valence-electron chi connectivity index (χ2n) is 7.23. The molecule has 22 heavy (non-hydrogen) atoms. The van der Waals surface area contributed by atoms with Crippen LogP contribution in [-0.4, -0.2) is 47.9 Å². The summed E-state index contributed by atoms with van der Waals surface area (Å²) in [6, 6.07) is 11.5. The lowest BCUT2D eigenvalue weighted by atomic mass is 9.69. The number of amides is 1. The number of likely N-dealkylation sites (N-methyl/N-ethyl adjacent to an activating group) is 1. The third-order valence-electron chi connectivity index (χ3n) is 6.14. The van der Waals surface area contributed by atoms with E-state index < -0.39 is 0 Å². The van der Waals surface area contributed by atoms with E-state index in [1.165, 1.54) is 18.5 Å². The molecule has 1 aromatic carbocycles. The van der Waals surface area contributed by atoms with Gasteiger partial charge in [0.15, 0.2) is 0 Å². The van der Waals surface area contributed by atoms with Gasteiger partial charge in [-0.25, -0.2) is 0 Å². The highest BCUT2D eigenvalue weighted by molar-refractivity contribution is 5.81. The molecule has 0 aromatic heterocycles. The fourth-order valence-corrected chi connectivity index (χ4v) is 4.65. The number of benzene rings is 1. The molecule has 1 saturated carbocycles. The molecule has 0 N–H and O–H groups in total. The molecule has 3 heteroatoms. The van der Waals surface area contributed by atoms with E-state index in [1.54, 1.807) is 0 Å². The molecule has 1 aromatic rings. The molecule has 3 aliphatic rings. The quantitative estimate of drug-likeness (QED) is 0.856. The van der Waals surface area contributed by atoms with Crippen LogP contribution in [0, 0.1) is 5.92 Å². The predicted octanol–water partition coefficient (Wildman–Crippen LogP) is 2.66. The minimum atomic E-state index is 0.262. The number of carbonyl (C=O) groups excluding carboxylic acids is 1. The molecule has 3 fully saturated rings. The SMILES string of the molecule is CCN1CC[C@]2(c3ccccc3)CCN(C(=O)C3CC3)C[C@@H]12. The molecule has 2 atom stereocenters. The van der Waals surface area contributed by atoms with Crippen LogP contribution >= 0.6 is 0 Å². The maximum atomic E-state index is 12.5. The van der Waals surface area contributed by atoms with E-state index in [9.17, 15) is 4.79 Å². The Bertz CT molecular complexity index is 554. The average molecular weight is 298 g/mol. The van der Waals surface area contributed by atoms with Crippen LogP contribution < -0.4 is 0 Å². The van der Waals surface area contributed by atoms with Crippen molar-refractivity contribution in [2.24, 2.45) is 5.92 Å². The van der Waals surface area contributed by atoms with Crippen molar-refractivity contribution in [3.8, 4) is 0 Å². The fourth-order valence-electron chi connectivity index (χ4n) is 4.65. The highest BCUT2D eigenvalue weighted by Gasteiger charge is 2.52. The second-order valence-corrected chi connectivity index (χ2v) is 7.23. The zero-order chi connectivity index (χ0) is 15.2. The summed E-state index contributed by atoms with van der Waals surface area (Å²) in [5.41, 5.74) is 1.74. The monoisotopic (exact) mass is 298 g/mol. The van der Waals surface area contributed by atoms with Gasteiger partial charge in [0.25, 0.3) is 0 Å². The molecule has 2 heterocycles. The molecular weight excluding hydrogens is 272 g/mol. The number of hydrogen-bond acceptors (Lipinski definition) is 2. The molecule has 0 radical (unpaired) electrons. The standard InChI is InChI=1S/C19H26N2O/c1-2-20-12-10-19(16-6-4-3-5-7-16)11-13-21(14-17(19)20)18(22)15-8-9-15/h3-7,15,17H,2,8-14H2,1H3/t17-,19-/m1/s1. The van der Waals surface area contributed by atoms with E-state index in [4.69, 9.17) is 0 Å². The maximum absolute atomic E-state index is 12.5. The predicted molar refractivity (Wildman–Crippen MR) is 87.7 cm³/mol. The van der Waals surface area contributed by atoms with Gasteiger partial charge in [-0.3, -0.25) is 9.69 Å². The molecule has 4 rings (SSSR count). The van der Waals surface area contributed by atoms with E-state index in [0.29, 0.717) is 17.9 Å². The van der Waals surface area contributed by atoms with Crippen LogP contribution in [0.3, 0.4) is 0 Å². The van der Waals surface area contributed by atoms with Crippen molar-refractivity contribution in [2.75, 3.05) is 26.2 Å². The highest BCUT2D eigenvalue weighted by Crippen LogP contribution is 2.46. The molecule has 2 aliphatic heterocycles. The summed E-state index contributed by atoms with van der Waals surface area (Å²) >= 11 is 0. The van der Waals surface area contributed by atoms with Gasteiger partial charge >= 0.3 is 0 Å². The van der Waals surface area contributed by atoms with Gasteiger partial charge in [0.1, 0.15) is 0 Å². The summed E-state index contributed by atoms with van der Waals surface area (Å²) in [6.07, 6.45) is 4.58. The van der Waals surface area contributed by atoms with Crippen molar-refractivity contribution in [2.45, 2.75) is 44.1 Å². The Hall–Kier alpha value is -1.35. The van der Waals surface area contributed by atoms with Gasteiger partial charge in [0, 0.05) is 30.5 Å². The lowest BCUT2D eigenvalue weighted by Gasteiger charge is -2.46. The van der Waals surface area contributed by atoms with Gasteiger partial charge in [-0.1, -0.05) is 37.3 Å². The van der Waals surface area contributed by atoms with E-state index in [-0.39, 0.29) is 5.41 Å². The molecule has 0 unspecified atom stereocenters. The molecule has 118 valence electrons. The van der Waals surface area contributed by atoms with Gasteiger partial charge in [0.2, 0.25) is 5.91 Å². The Kier molecular flexibility index (Phi) is 3.48. The van der Waals surface area contributed by atoms with Crippen molar-refractivity contribution in [1.29, 1.82) is 0 Å². The first-order valence-corrected chi connectivity index (χ1v) is 8.83. The first kappa shape index (κ1) is 14.3. The number of piperidine rings is 1. The fraction of sp³-hybridized carbons (Fsp3) is 0.632. The number of nitrogens with zero attached hydrogens (tertiary/aromatic N) is 2. The zero-order valence-electron chi connectivity index (χ0n) is 13.5. The maximum Gasteiger partial charge on any atom is 0.225 e. The van der Waals surface area contributed by atoms with Crippen LogP contribution in [0.4, 0.5) is 0 Å². The topological polar surface area (TPSA) is 23.6 Å². The van der Waals surface area contributed by atoms with E-state index in [1.807, 2.05) is 0 Å². The van der Waals surface area contributed by atoms with Crippen LogP contribution in [0.15, 0.2) is 30.3 Å². The number of rotatable bonds is 3. The van der Waals surface area contributed by atoms with E-state index in [0.717, 1.165) is 38.9 Å². The number of fused-ring (bicyclic) bond motifs is 1. The number of hydrogen-bond donors (Lipinski definition) is 0. The van der Waals surface area contributed by atoms with Crippen molar-refractivity contribution in [3.63, 3.8) is 0 Å². The summed E-state index contributed by atoms with van der Waals surface area (Å²) in [5, 5.41) is 0. The Morgan fingerprint density at radius 2 is 1.91 bits per heavy atom. The highest BCUT2D eigenvalue weighted by atomic mass is 16.2. The van der Waals surface area contributed by atoms with Crippen molar-refractivity contribution in [1.82, 2.24) is 9.80 Å². The molecule has 3 nitrogen and oxygen atoms in total. The molecule has 1 amide bonds. The van der Waals surface area contributed by atoms with Crippen LogP contribution in [0.2, 0.25) is 0 Å². The summed E-state index contributed by atoms with van der Waals surface area (Å²) < 4.78 is 0. The summed E-state index contributed by atoms with van der Waals surface area (Å²) in [6.45, 7) is 6.38. The van der Waals surface area contributed by atoms with Crippen molar-refractivity contribution >= 4 is 5.91 Å². The molecule has 0 spiro atoms. The Morgan fingerprint density at radius 3 is 2.59 bits per heavy atom. The molecule has 1 aliphatic carbocycles. The van der Waals surface area contributed by atoms with Gasteiger partial charge in [-0.05, 0) is 44.3 Å². The minimum Gasteiger partial charge on any atom is -0.341 e. The molecule has 2 saturated heterocycles. The van der Waals surface area contributed by atoms with E-state index in [2.05, 4.69) is 47.1 Å². The van der Waals surface area contributed by atoms with Gasteiger partial charge in [-0.2, -0.15) is 0 Å². The lowest BCUT2D eigenvalue weighted by Crippen LogP contribution is -2.57. The molecular formula is C19H26N2O. The Morgan fingerprint density at radius 1 is 1.18 bits per heavy atom. The Labute approximate surface area is 133 Å². The number of carbonyl (C=O) groups is 1. The van der Waals surface area contributed by atoms with Crippen LogP contribution in [0.5, 0.6) is 0 Å². The van der Waals surface area contributed by atoms with Gasteiger partial charge < -0.3 is 4.90 Å². The smallest absolute Gasteiger partial charge is 0.225 e. The summed E-state index contributed by atoms with van der Waals surface area (Å²) in [7, 11) is 0. The van der Waals surface area contributed by atoms with Crippen LogP contribution in [0.1, 0.15) is 38.2 Å². The Balaban J connectivity index is 1.63. The number of likely N-dealkylation sites (tertiary alicyclic amines) is 2. The summed E-state index contributed by atoms with van der Waals surface area (Å²) in [5.74, 6) is 0.769. The van der Waals surface area contributed by atoms with Crippen molar-refractivity contribution < 1.29 is 4.79 Å². The first-order valence-electron chi connectivity index (χ1n) is 8.83. The zero-order valence-corrected chi connectivity index (χ0v) is 13.5. The van der Waals surface area contributed by atoms with Crippen molar-refractivity contribution in [3.05, 3.63) is 35.9 Å². The third-order valence-corrected chi connectivity index (χ3v) is 6.14. The molecule has 0 bridgehead atoms. The van der Waals surface area contributed by atoms with Gasteiger partial charge in [0.05, 0.1) is 0 Å². The normalized spacial score (nSPS) is 32.0. The van der Waals surface area contributed by atoms with Gasteiger partial charge in [-0.15, -0.1) is 0 Å². The second kappa shape index (κ2) is 5.38.